The Kier molecular flexibility index (Phi) is 0.947. The Morgan fingerprint density at radius 3 is 3.18 bits per heavy atom. The summed E-state index contributed by atoms with van der Waals surface area (Å²) in [6.07, 6.45) is 4.14. The molecule has 2 heterocycles. The Balaban J connectivity index is 1.99. The van der Waals surface area contributed by atoms with Gasteiger partial charge in [-0.1, -0.05) is 0 Å². The smallest absolute Gasteiger partial charge is 0.164 e. The molecule has 1 spiro atoms. The summed E-state index contributed by atoms with van der Waals surface area (Å²) in [6.45, 7) is 0.858. The van der Waals surface area contributed by atoms with Crippen molar-refractivity contribution in [1.29, 1.82) is 0 Å². The zero-order valence-corrected chi connectivity index (χ0v) is 6.51. The molecule has 0 N–H and O–H groups in total. The molecular weight excluding hydrogens is 140 g/mol. The molecule has 2 nitrogen and oxygen atoms in total. The number of rotatable bonds is 0. The normalized spacial score (nSPS) is 53.6. The number of ketones is 1. The second-order valence-corrected chi connectivity index (χ2v) is 4.09. The van der Waals surface area contributed by atoms with Crippen LogP contribution in [0.1, 0.15) is 25.7 Å². The molecule has 11 heavy (non-hydrogen) atoms. The van der Waals surface area contributed by atoms with E-state index in [2.05, 4.69) is 0 Å². The Bertz CT molecular complexity index is 220. The average Bonchev–Trinajstić information content (AvgIpc) is 2.51. The van der Waals surface area contributed by atoms with E-state index in [1.165, 1.54) is 6.42 Å². The van der Waals surface area contributed by atoms with Crippen molar-refractivity contribution in [1.82, 2.24) is 0 Å². The second-order valence-electron chi connectivity index (χ2n) is 4.09. The summed E-state index contributed by atoms with van der Waals surface area (Å²) in [7, 11) is 0. The van der Waals surface area contributed by atoms with Gasteiger partial charge in [-0.05, 0) is 25.2 Å². The van der Waals surface area contributed by atoms with E-state index in [4.69, 9.17) is 4.74 Å². The lowest BCUT2D eigenvalue weighted by Gasteiger charge is -2.46. The van der Waals surface area contributed by atoms with Gasteiger partial charge in [-0.15, -0.1) is 0 Å². The summed E-state index contributed by atoms with van der Waals surface area (Å²) in [5.74, 6) is 1.74. The fraction of sp³-hybridized carbons (Fsp3) is 0.889. The van der Waals surface area contributed by atoms with Gasteiger partial charge in [0.15, 0.2) is 5.78 Å². The van der Waals surface area contributed by atoms with Crippen LogP contribution in [0.3, 0.4) is 0 Å². The first kappa shape index (κ1) is 6.18. The van der Waals surface area contributed by atoms with E-state index in [-0.39, 0.29) is 5.60 Å². The van der Waals surface area contributed by atoms with Crippen LogP contribution in [0.2, 0.25) is 0 Å². The molecule has 0 aromatic rings. The van der Waals surface area contributed by atoms with E-state index >= 15 is 0 Å². The van der Waals surface area contributed by atoms with E-state index in [0.717, 1.165) is 31.8 Å². The number of hydrogen-bond donors (Lipinski definition) is 0. The van der Waals surface area contributed by atoms with Gasteiger partial charge >= 0.3 is 0 Å². The molecule has 4 aliphatic rings. The molecule has 60 valence electrons. The summed E-state index contributed by atoms with van der Waals surface area (Å²) in [6, 6.07) is 0. The molecule has 3 unspecified atom stereocenters. The van der Waals surface area contributed by atoms with Gasteiger partial charge in [-0.3, -0.25) is 4.79 Å². The van der Waals surface area contributed by atoms with E-state index in [1.54, 1.807) is 0 Å². The number of fused-ring (bicyclic) bond motifs is 1. The maximum Gasteiger partial charge on any atom is 0.164 e. The molecule has 2 heteroatoms. The number of hydrogen-bond acceptors (Lipinski definition) is 2. The highest BCUT2D eigenvalue weighted by atomic mass is 16.5. The fourth-order valence-electron chi connectivity index (χ4n) is 3.06. The molecule has 2 saturated carbocycles. The summed E-state index contributed by atoms with van der Waals surface area (Å²) < 4.78 is 5.58. The van der Waals surface area contributed by atoms with E-state index < -0.39 is 0 Å². The lowest BCUT2D eigenvalue weighted by atomic mass is 9.57. The van der Waals surface area contributed by atoms with Gasteiger partial charge in [0, 0.05) is 12.3 Å². The Morgan fingerprint density at radius 2 is 2.45 bits per heavy atom. The van der Waals surface area contributed by atoms with Crippen LogP contribution < -0.4 is 0 Å². The fourth-order valence-corrected chi connectivity index (χ4v) is 3.06. The van der Waals surface area contributed by atoms with Crippen molar-refractivity contribution < 1.29 is 9.53 Å². The van der Waals surface area contributed by atoms with Crippen molar-refractivity contribution in [3.8, 4) is 0 Å². The molecule has 4 fully saturated rings. The molecule has 0 aromatic heterocycles. The van der Waals surface area contributed by atoms with Crippen LogP contribution in [-0.4, -0.2) is 18.0 Å². The summed E-state index contributed by atoms with van der Waals surface area (Å²) in [5, 5.41) is 0. The van der Waals surface area contributed by atoms with Gasteiger partial charge in [-0.25, -0.2) is 0 Å². The third kappa shape index (κ3) is 0.527. The van der Waals surface area contributed by atoms with Crippen LogP contribution >= 0.6 is 0 Å². The molecule has 0 aromatic carbocycles. The quantitative estimate of drug-likeness (QED) is 0.520. The molecule has 3 atom stereocenters. The van der Waals surface area contributed by atoms with Crippen molar-refractivity contribution in [2.24, 2.45) is 11.8 Å². The molecule has 2 saturated heterocycles. The van der Waals surface area contributed by atoms with E-state index in [1.807, 2.05) is 0 Å². The summed E-state index contributed by atoms with van der Waals surface area (Å²) in [5.41, 5.74) is -0.247. The lowest BCUT2D eigenvalue weighted by Crippen LogP contribution is -2.55. The van der Waals surface area contributed by atoms with E-state index in [0.29, 0.717) is 11.7 Å². The van der Waals surface area contributed by atoms with Crippen molar-refractivity contribution >= 4 is 5.78 Å². The van der Waals surface area contributed by atoms with Crippen LogP contribution in [0.5, 0.6) is 0 Å². The first-order valence-corrected chi connectivity index (χ1v) is 4.50. The van der Waals surface area contributed by atoms with Gasteiger partial charge in [0.25, 0.3) is 0 Å². The number of carbonyl (C=O) groups excluding carboxylic acids is 1. The van der Waals surface area contributed by atoms with Crippen LogP contribution in [0, 0.1) is 11.8 Å². The predicted octanol–water partition coefficient (Wildman–Crippen LogP) is 1.14. The Hall–Kier alpha value is -0.370. The highest BCUT2D eigenvalue weighted by Gasteiger charge is 2.65. The molecule has 2 aliphatic heterocycles. The zero-order chi connectivity index (χ0) is 7.47. The van der Waals surface area contributed by atoms with Crippen LogP contribution in [0.4, 0.5) is 0 Å². The predicted molar refractivity (Wildman–Crippen MR) is 39.1 cm³/mol. The monoisotopic (exact) mass is 152 g/mol. The lowest BCUT2D eigenvalue weighted by molar-refractivity contribution is -0.153. The number of Topliss-reactive ketones (excluding diaryl/α,β-unsaturated/α-hetero) is 1. The zero-order valence-electron chi connectivity index (χ0n) is 6.51. The van der Waals surface area contributed by atoms with Crippen LogP contribution in [-0.2, 0) is 9.53 Å². The minimum absolute atomic E-state index is 0.247. The third-order valence-corrected chi connectivity index (χ3v) is 3.68. The molecule has 2 bridgehead atoms. The third-order valence-electron chi connectivity index (χ3n) is 3.68. The van der Waals surface area contributed by atoms with Crippen LogP contribution in [0.15, 0.2) is 0 Å². The summed E-state index contributed by atoms with van der Waals surface area (Å²) >= 11 is 0. The topological polar surface area (TPSA) is 26.3 Å². The van der Waals surface area contributed by atoms with Crippen molar-refractivity contribution in [3.63, 3.8) is 0 Å². The van der Waals surface area contributed by atoms with Gasteiger partial charge in [0.1, 0.15) is 5.60 Å². The second kappa shape index (κ2) is 1.69. The average molecular weight is 152 g/mol. The van der Waals surface area contributed by atoms with Gasteiger partial charge in [0.2, 0.25) is 0 Å². The molecule has 4 rings (SSSR count). The first-order valence-electron chi connectivity index (χ1n) is 4.50. The maximum absolute atomic E-state index is 11.5. The number of carbonyl (C=O) groups is 1. The highest BCUT2D eigenvalue weighted by Crippen LogP contribution is 2.58. The minimum atomic E-state index is -0.247. The standard InChI is InChI=1S/C9H12O2/c10-8-3-1-2-7-6-4-9(7,8)11-5-6/h6-7H,1-5H2. The molecule has 2 aliphatic carbocycles. The van der Waals surface area contributed by atoms with Crippen LogP contribution in [0.25, 0.3) is 0 Å². The summed E-state index contributed by atoms with van der Waals surface area (Å²) in [4.78, 5) is 11.5. The highest BCUT2D eigenvalue weighted by molar-refractivity contribution is 5.90. The van der Waals surface area contributed by atoms with Crippen molar-refractivity contribution in [3.05, 3.63) is 0 Å². The molecule has 0 radical (unpaired) electrons. The SMILES string of the molecule is O=C1CCCC2C3COC12C3. The van der Waals surface area contributed by atoms with Gasteiger partial charge in [-0.2, -0.15) is 0 Å². The number of ether oxygens (including phenoxy) is 1. The van der Waals surface area contributed by atoms with Crippen molar-refractivity contribution in [2.75, 3.05) is 6.61 Å². The molecular formula is C9H12O2. The first-order chi connectivity index (χ1) is 5.33. The van der Waals surface area contributed by atoms with Crippen molar-refractivity contribution in [2.45, 2.75) is 31.3 Å². The van der Waals surface area contributed by atoms with E-state index in [9.17, 15) is 4.79 Å². The molecule has 0 amide bonds. The minimum Gasteiger partial charge on any atom is -0.367 e. The largest absolute Gasteiger partial charge is 0.367 e. The Labute approximate surface area is 65.9 Å². The Morgan fingerprint density at radius 1 is 1.55 bits per heavy atom. The van der Waals surface area contributed by atoms with Gasteiger partial charge in [0.05, 0.1) is 6.61 Å². The maximum atomic E-state index is 11.5. The van der Waals surface area contributed by atoms with Gasteiger partial charge < -0.3 is 4.74 Å².